The Morgan fingerprint density at radius 2 is 1.89 bits per heavy atom. The number of fused-ring (bicyclic) bond motifs is 1. The van der Waals surface area contributed by atoms with Gasteiger partial charge in [-0.25, -0.2) is 0 Å². The topological polar surface area (TPSA) is 65.8 Å². The number of aryl methyl sites for hydroxylation is 1. The lowest BCUT2D eigenvalue weighted by Crippen LogP contribution is -2.28. The van der Waals surface area contributed by atoms with Crippen LogP contribution in [0.2, 0.25) is 0 Å². The Morgan fingerprint density at radius 1 is 1.19 bits per heavy atom. The van der Waals surface area contributed by atoms with Crippen LogP contribution in [0.1, 0.15) is 29.3 Å². The number of benzene rings is 1. The second-order valence-electron chi connectivity index (χ2n) is 7.72. The molecular formula is C21H26N2O3S. The molecule has 2 aliphatic rings. The maximum atomic E-state index is 9.75. The smallest absolute Gasteiger partial charge is 0.140 e. The van der Waals surface area contributed by atoms with E-state index >= 15 is 0 Å². The number of phenolic OH excluding ortho intramolecular Hbond substituents is 1. The molecule has 1 aliphatic carbocycles. The molecule has 2 N–H and O–H groups in total. The molecule has 27 heavy (non-hydrogen) atoms. The largest absolute Gasteiger partial charge is 0.508 e. The SMILES string of the molecule is Cc1ncccc1OC1C[C@@H]2CN(CC(SO)c3ccc(O)cc3)C[C@@H]2C1. The number of aromatic nitrogens is 1. The van der Waals surface area contributed by atoms with Crippen molar-refractivity contribution in [1.82, 2.24) is 9.88 Å². The van der Waals surface area contributed by atoms with Gasteiger partial charge in [-0.05, 0) is 73.5 Å². The minimum Gasteiger partial charge on any atom is -0.508 e. The Labute approximate surface area is 164 Å². The zero-order valence-electron chi connectivity index (χ0n) is 15.5. The van der Waals surface area contributed by atoms with Crippen molar-refractivity contribution < 1.29 is 14.4 Å². The molecule has 2 heterocycles. The molecule has 0 amide bonds. The molecule has 4 atom stereocenters. The number of nitrogens with zero attached hydrogens (tertiary/aromatic N) is 2. The van der Waals surface area contributed by atoms with Crippen LogP contribution in [0.4, 0.5) is 0 Å². The fraction of sp³-hybridized carbons (Fsp3) is 0.476. The highest BCUT2D eigenvalue weighted by molar-refractivity contribution is 7.94. The standard InChI is InChI=1S/C21H26N2O3S/c1-14-20(3-2-8-22-14)26-19-9-16-11-23(12-17(16)10-19)13-21(27-25)15-4-6-18(24)7-5-15/h2-8,16-17,19,21,24-25H,9-13H2,1H3/t16-,17+,19?,21?. The average molecular weight is 387 g/mol. The lowest BCUT2D eigenvalue weighted by molar-refractivity contribution is 0.184. The number of hydrogen-bond donors (Lipinski definition) is 2. The first-order valence-electron chi connectivity index (χ1n) is 9.52. The third-order valence-electron chi connectivity index (χ3n) is 5.85. The van der Waals surface area contributed by atoms with Gasteiger partial charge in [0, 0.05) is 25.8 Å². The highest BCUT2D eigenvalue weighted by Gasteiger charge is 2.42. The molecular weight excluding hydrogens is 360 g/mol. The van der Waals surface area contributed by atoms with E-state index in [1.54, 1.807) is 18.3 Å². The highest BCUT2D eigenvalue weighted by Crippen LogP contribution is 2.41. The fourth-order valence-corrected chi connectivity index (χ4v) is 5.04. The van der Waals surface area contributed by atoms with E-state index in [0.29, 0.717) is 11.8 Å². The fourth-order valence-electron chi connectivity index (χ4n) is 4.48. The van der Waals surface area contributed by atoms with Crippen LogP contribution >= 0.6 is 12.0 Å². The molecule has 1 saturated heterocycles. The first-order chi connectivity index (χ1) is 13.1. The van der Waals surface area contributed by atoms with Crippen molar-refractivity contribution in [3.8, 4) is 11.5 Å². The molecule has 1 aliphatic heterocycles. The molecule has 0 radical (unpaired) electrons. The summed E-state index contributed by atoms with van der Waals surface area (Å²) in [7, 11) is 0. The first-order valence-corrected chi connectivity index (χ1v) is 10.4. The van der Waals surface area contributed by atoms with Crippen molar-refractivity contribution in [1.29, 1.82) is 0 Å². The van der Waals surface area contributed by atoms with Crippen molar-refractivity contribution in [3.05, 3.63) is 53.9 Å². The summed E-state index contributed by atoms with van der Waals surface area (Å²) in [6.45, 7) is 4.94. The summed E-state index contributed by atoms with van der Waals surface area (Å²) in [6.07, 6.45) is 4.26. The van der Waals surface area contributed by atoms with Crippen LogP contribution in [0, 0.1) is 18.8 Å². The van der Waals surface area contributed by atoms with Crippen LogP contribution in [0.25, 0.3) is 0 Å². The van der Waals surface area contributed by atoms with Crippen LogP contribution in [0.5, 0.6) is 11.5 Å². The third kappa shape index (κ3) is 4.23. The second kappa shape index (κ2) is 8.09. The van der Waals surface area contributed by atoms with Gasteiger partial charge in [0.05, 0.1) is 17.0 Å². The van der Waals surface area contributed by atoms with E-state index in [1.165, 1.54) is 0 Å². The minimum absolute atomic E-state index is 0.00881. The summed E-state index contributed by atoms with van der Waals surface area (Å²) in [6, 6.07) is 11.1. The van der Waals surface area contributed by atoms with Gasteiger partial charge in [0.2, 0.25) is 0 Å². The van der Waals surface area contributed by atoms with Crippen molar-refractivity contribution >= 4 is 12.0 Å². The molecule has 1 aromatic carbocycles. The van der Waals surface area contributed by atoms with E-state index in [2.05, 4.69) is 9.88 Å². The first kappa shape index (κ1) is 18.6. The summed E-state index contributed by atoms with van der Waals surface area (Å²) >= 11 is 0.893. The monoisotopic (exact) mass is 386 g/mol. The molecule has 2 aromatic rings. The number of rotatable bonds is 6. The van der Waals surface area contributed by atoms with Crippen molar-refractivity contribution in [2.75, 3.05) is 19.6 Å². The minimum atomic E-state index is 0.00881. The van der Waals surface area contributed by atoms with E-state index < -0.39 is 0 Å². The van der Waals surface area contributed by atoms with Gasteiger partial charge in [-0.3, -0.25) is 4.98 Å². The molecule has 5 nitrogen and oxygen atoms in total. The van der Waals surface area contributed by atoms with Crippen molar-refractivity contribution in [2.45, 2.75) is 31.1 Å². The van der Waals surface area contributed by atoms with E-state index in [1.807, 2.05) is 31.2 Å². The second-order valence-corrected chi connectivity index (χ2v) is 8.50. The number of hydrogen-bond acceptors (Lipinski definition) is 6. The van der Waals surface area contributed by atoms with Crippen LogP contribution in [0.15, 0.2) is 42.6 Å². The van der Waals surface area contributed by atoms with Gasteiger partial charge in [0.1, 0.15) is 11.5 Å². The van der Waals surface area contributed by atoms with Crippen molar-refractivity contribution in [2.24, 2.45) is 11.8 Å². The number of pyridine rings is 1. The summed E-state index contributed by atoms with van der Waals surface area (Å²) in [4.78, 5) is 6.77. The summed E-state index contributed by atoms with van der Waals surface area (Å²) in [5, 5.41) is 9.47. The van der Waals surface area contributed by atoms with E-state index in [-0.39, 0.29) is 17.1 Å². The lowest BCUT2D eigenvalue weighted by atomic mass is 10.0. The Hall–Kier alpha value is -1.76. The number of aromatic hydroxyl groups is 1. The molecule has 6 heteroatoms. The zero-order chi connectivity index (χ0) is 18.8. The Bertz CT molecular complexity index is 756. The molecule has 2 unspecified atom stereocenters. The van der Waals surface area contributed by atoms with Gasteiger partial charge in [0.25, 0.3) is 0 Å². The lowest BCUT2D eigenvalue weighted by Gasteiger charge is -2.24. The number of ether oxygens (including phenoxy) is 1. The third-order valence-corrected chi connectivity index (χ3v) is 6.53. The average Bonchev–Trinajstić information content (AvgIpc) is 3.20. The highest BCUT2D eigenvalue weighted by atomic mass is 32.2. The molecule has 144 valence electrons. The van der Waals surface area contributed by atoms with Crippen LogP contribution < -0.4 is 4.74 Å². The molecule has 1 aromatic heterocycles. The van der Waals surface area contributed by atoms with Crippen LogP contribution in [-0.2, 0) is 0 Å². The van der Waals surface area contributed by atoms with Gasteiger partial charge in [-0.1, -0.05) is 12.1 Å². The summed E-state index contributed by atoms with van der Waals surface area (Å²) < 4.78 is 16.0. The van der Waals surface area contributed by atoms with Gasteiger partial charge >= 0.3 is 0 Å². The van der Waals surface area contributed by atoms with E-state index in [9.17, 15) is 9.66 Å². The van der Waals surface area contributed by atoms with Gasteiger partial charge in [0.15, 0.2) is 0 Å². The summed E-state index contributed by atoms with van der Waals surface area (Å²) in [5.74, 6) is 2.49. The summed E-state index contributed by atoms with van der Waals surface area (Å²) in [5.41, 5.74) is 2.00. The predicted molar refractivity (Wildman–Crippen MR) is 107 cm³/mol. The van der Waals surface area contributed by atoms with Crippen molar-refractivity contribution in [3.63, 3.8) is 0 Å². The number of likely N-dealkylation sites (tertiary alicyclic amines) is 1. The molecule has 4 rings (SSSR count). The number of phenols is 1. The van der Waals surface area contributed by atoms with Gasteiger partial charge < -0.3 is 19.3 Å². The van der Waals surface area contributed by atoms with Crippen LogP contribution in [-0.4, -0.2) is 45.3 Å². The quantitative estimate of drug-likeness (QED) is 0.728. The van der Waals surface area contributed by atoms with E-state index in [4.69, 9.17) is 4.74 Å². The molecule has 0 spiro atoms. The Morgan fingerprint density at radius 3 is 2.52 bits per heavy atom. The Kier molecular flexibility index (Phi) is 5.57. The van der Waals surface area contributed by atoms with Gasteiger partial charge in [-0.15, -0.1) is 0 Å². The molecule has 2 fully saturated rings. The normalized spacial score (nSPS) is 26.1. The Balaban J connectivity index is 1.31. The molecule has 0 bridgehead atoms. The zero-order valence-corrected chi connectivity index (χ0v) is 16.3. The van der Waals surface area contributed by atoms with Gasteiger partial charge in [-0.2, -0.15) is 0 Å². The molecule has 1 saturated carbocycles. The predicted octanol–water partition coefficient (Wildman–Crippen LogP) is 4.13. The maximum Gasteiger partial charge on any atom is 0.140 e. The van der Waals surface area contributed by atoms with E-state index in [0.717, 1.165) is 61.5 Å². The maximum absolute atomic E-state index is 9.75. The van der Waals surface area contributed by atoms with Crippen LogP contribution in [0.3, 0.4) is 0 Å².